The summed E-state index contributed by atoms with van der Waals surface area (Å²) in [7, 11) is 3.40. The van der Waals surface area contributed by atoms with Gasteiger partial charge in [-0.3, -0.25) is 9.89 Å². The van der Waals surface area contributed by atoms with Crippen molar-refractivity contribution >= 4 is 28.3 Å². The summed E-state index contributed by atoms with van der Waals surface area (Å²) in [4.78, 5) is 17.2. The molecule has 8 heteroatoms. The van der Waals surface area contributed by atoms with E-state index in [0.29, 0.717) is 29.5 Å². The highest BCUT2D eigenvalue weighted by Crippen LogP contribution is 2.30. The maximum atomic E-state index is 12.5. The number of nitrogens with one attached hydrogen (secondary N) is 2. The number of methoxy groups -OCH3 is 1. The van der Waals surface area contributed by atoms with Crippen LogP contribution in [-0.4, -0.2) is 37.9 Å². The van der Waals surface area contributed by atoms with Crippen LogP contribution in [0.2, 0.25) is 0 Å². The third-order valence-electron chi connectivity index (χ3n) is 5.26. The van der Waals surface area contributed by atoms with Crippen LogP contribution in [0.4, 0.5) is 11.6 Å². The largest absolute Gasteiger partial charge is 0.496 e. The van der Waals surface area contributed by atoms with Crippen molar-refractivity contribution < 1.29 is 9.53 Å². The molecule has 0 saturated carbocycles. The molecular formula is C23H26N6O2. The first kappa shape index (κ1) is 20.6. The molecule has 31 heavy (non-hydrogen) atoms. The number of aromatic amines is 1. The number of fused-ring (bicyclic) bond motifs is 1. The molecule has 2 aromatic heterocycles. The van der Waals surface area contributed by atoms with Crippen LogP contribution in [0.1, 0.15) is 36.2 Å². The fourth-order valence-electron chi connectivity index (χ4n) is 3.57. The molecule has 0 aliphatic heterocycles. The van der Waals surface area contributed by atoms with Crippen LogP contribution in [0, 0.1) is 12.8 Å². The molecule has 4 aromatic rings. The van der Waals surface area contributed by atoms with Gasteiger partial charge in [0.05, 0.1) is 24.4 Å². The number of carbonyl (C=O) groups is 1. The topological polar surface area (TPSA) is 97.7 Å². The fourth-order valence-corrected chi connectivity index (χ4v) is 3.57. The molecule has 0 saturated heterocycles. The van der Waals surface area contributed by atoms with E-state index < -0.39 is 0 Å². The number of anilines is 2. The zero-order chi connectivity index (χ0) is 22.1. The Labute approximate surface area is 180 Å². The Hall–Kier alpha value is -3.68. The first-order valence-corrected chi connectivity index (χ1v) is 10.2. The summed E-state index contributed by atoms with van der Waals surface area (Å²) in [6, 6.07) is 9.43. The van der Waals surface area contributed by atoms with E-state index in [4.69, 9.17) is 4.74 Å². The van der Waals surface area contributed by atoms with Crippen molar-refractivity contribution in [1.82, 2.24) is 25.0 Å². The van der Waals surface area contributed by atoms with Crippen LogP contribution >= 0.6 is 0 Å². The molecule has 2 N–H and O–H groups in total. The summed E-state index contributed by atoms with van der Waals surface area (Å²) in [6.07, 6.45) is 2.29. The number of carbonyl (C=O) groups excluding carboxylic acids is 1. The van der Waals surface area contributed by atoms with Gasteiger partial charge in [0.1, 0.15) is 5.75 Å². The lowest BCUT2D eigenvalue weighted by Crippen LogP contribution is -2.06. The summed E-state index contributed by atoms with van der Waals surface area (Å²) in [5.41, 5.74) is 4.36. The Morgan fingerprint density at radius 1 is 1.26 bits per heavy atom. The molecule has 2 aromatic carbocycles. The molecule has 0 amide bonds. The van der Waals surface area contributed by atoms with E-state index in [1.807, 2.05) is 58.3 Å². The van der Waals surface area contributed by atoms with Gasteiger partial charge in [0.15, 0.2) is 11.6 Å². The predicted octanol–water partition coefficient (Wildman–Crippen LogP) is 4.65. The molecule has 0 radical (unpaired) electrons. The van der Waals surface area contributed by atoms with Gasteiger partial charge in [-0.2, -0.15) is 10.1 Å². The van der Waals surface area contributed by atoms with E-state index in [2.05, 4.69) is 25.6 Å². The Morgan fingerprint density at radius 3 is 2.81 bits per heavy atom. The van der Waals surface area contributed by atoms with Gasteiger partial charge < -0.3 is 10.1 Å². The molecule has 0 atom stereocenters. The minimum Gasteiger partial charge on any atom is -0.496 e. The van der Waals surface area contributed by atoms with Crippen molar-refractivity contribution in [3.05, 3.63) is 47.7 Å². The predicted molar refractivity (Wildman–Crippen MR) is 121 cm³/mol. The fraction of sp³-hybridized carbons (Fsp3) is 0.304. The molecule has 0 fully saturated rings. The number of ether oxygens (including phenoxy) is 1. The molecule has 0 bridgehead atoms. The lowest BCUT2D eigenvalue weighted by atomic mass is 9.99. The summed E-state index contributed by atoms with van der Waals surface area (Å²) >= 11 is 0. The average molecular weight is 419 g/mol. The first-order chi connectivity index (χ1) is 14.9. The van der Waals surface area contributed by atoms with Crippen LogP contribution in [0.15, 0.2) is 36.5 Å². The monoisotopic (exact) mass is 418 g/mol. The zero-order valence-electron chi connectivity index (χ0n) is 18.4. The highest BCUT2D eigenvalue weighted by atomic mass is 16.5. The number of rotatable bonds is 7. The second-order valence-corrected chi connectivity index (χ2v) is 8.01. The number of aromatic nitrogens is 5. The quantitative estimate of drug-likeness (QED) is 0.424. The van der Waals surface area contributed by atoms with Gasteiger partial charge in [0.2, 0.25) is 5.95 Å². The van der Waals surface area contributed by atoms with E-state index in [0.717, 1.165) is 27.7 Å². The summed E-state index contributed by atoms with van der Waals surface area (Å²) in [5, 5.41) is 16.0. The number of H-pyrrole nitrogens is 1. The standard InChI is InChI=1S/C23H26N6O2/c1-13(2)10-20(30)16-7-6-15(11-21(16)31-5)22-26-23(29(4)28-22)25-18-8-9-19-17(14(18)3)12-24-27-19/h6-9,11-13H,10H2,1-5H3,(H,24,27)(H,25,26,28). The lowest BCUT2D eigenvalue weighted by Gasteiger charge is -2.10. The first-order valence-electron chi connectivity index (χ1n) is 10.2. The lowest BCUT2D eigenvalue weighted by molar-refractivity contribution is 0.0965. The summed E-state index contributed by atoms with van der Waals surface area (Å²) in [6.45, 7) is 6.09. The Kier molecular flexibility index (Phi) is 5.46. The molecule has 2 heterocycles. The van der Waals surface area contributed by atoms with Gasteiger partial charge in [-0.1, -0.05) is 19.9 Å². The molecule has 160 valence electrons. The molecule has 0 unspecified atom stereocenters. The number of aryl methyl sites for hydroxylation is 2. The molecule has 0 spiro atoms. The molecule has 0 aliphatic rings. The van der Waals surface area contributed by atoms with Crippen molar-refractivity contribution in [3.8, 4) is 17.1 Å². The smallest absolute Gasteiger partial charge is 0.225 e. The van der Waals surface area contributed by atoms with Crippen molar-refractivity contribution in [3.63, 3.8) is 0 Å². The van der Waals surface area contributed by atoms with E-state index >= 15 is 0 Å². The van der Waals surface area contributed by atoms with Crippen LogP contribution in [0.5, 0.6) is 5.75 Å². The van der Waals surface area contributed by atoms with Gasteiger partial charge >= 0.3 is 0 Å². The van der Waals surface area contributed by atoms with E-state index in [-0.39, 0.29) is 11.7 Å². The molecular weight excluding hydrogens is 392 g/mol. The van der Waals surface area contributed by atoms with Gasteiger partial charge in [0.25, 0.3) is 0 Å². The van der Waals surface area contributed by atoms with Crippen LogP contribution in [0.25, 0.3) is 22.3 Å². The maximum Gasteiger partial charge on any atom is 0.225 e. The number of Topliss-reactive ketones (excluding diaryl/α,β-unsaturated/α-hetero) is 1. The highest BCUT2D eigenvalue weighted by Gasteiger charge is 2.17. The number of nitrogens with zero attached hydrogens (tertiary/aromatic N) is 4. The maximum absolute atomic E-state index is 12.5. The Morgan fingerprint density at radius 2 is 2.06 bits per heavy atom. The average Bonchev–Trinajstić information content (AvgIpc) is 3.36. The number of hydrogen-bond donors (Lipinski definition) is 2. The summed E-state index contributed by atoms with van der Waals surface area (Å²) in [5.74, 6) is 2.05. The normalized spacial score (nSPS) is 11.3. The Balaban J connectivity index is 1.63. The Bertz CT molecular complexity index is 1250. The number of hydrogen-bond acceptors (Lipinski definition) is 6. The van der Waals surface area contributed by atoms with E-state index in [1.165, 1.54) is 0 Å². The molecule has 4 rings (SSSR count). The van der Waals surface area contributed by atoms with Gasteiger partial charge in [-0.05, 0) is 42.7 Å². The van der Waals surface area contributed by atoms with Gasteiger partial charge in [-0.15, -0.1) is 5.10 Å². The minimum absolute atomic E-state index is 0.0693. The van der Waals surface area contributed by atoms with Crippen LogP contribution in [0.3, 0.4) is 0 Å². The molecule has 0 aliphatic carbocycles. The van der Waals surface area contributed by atoms with Gasteiger partial charge in [0, 0.05) is 30.1 Å². The third-order valence-corrected chi connectivity index (χ3v) is 5.26. The van der Waals surface area contributed by atoms with Crippen LogP contribution < -0.4 is 10.1 Å². The zero-order valence-corrected chi connectivity index (χ0v) is 18.4. The van der Waals surface area contributed by atoms with Crippen molar-refractivity contribution in [2.75, 3.05) is 12.4 Å². The number of benzene rings is 2. The third kappa shape index (κ3) is 4.01. The number of ketones is 1. The minimum atomic E-state index is 0.0693. The van der Waals surface area contributed by atoms with E-state index in [9.17, 15) is 4.79 Å². The van der Waals surface area contributed by atoms with Crippen LogP contribution in [-0.2, 0) is 7.05 Å². The SMILES string of the molecule is COc1cc(-c2nc(Nc3ccc4[nH]ncc4c3C)n(C)n2)ccc1C(=O)CC(C)C. The summed E-state index contributed by atoms with van der Waals surface area (Å²) < 4.78 is 7.18. The molecule has 8 nitrogen and oxygen atoms in total. The second kappa shape index (κ2) is 8.22. The van der Waals surface area contributed by atoms with Crippen molar-refractivity contribution in [1.29, 1.82) is 0 Å². The van der Waals surface area contributed by atoms with Crippen molar-refractivity contribution in [2.24, 2.45) is 13.0 Å². The van der Waals surface area contributed by atoms with Gasteiger partial charge in [-0.25, -0.2) is 4.68 Å². The van der Waals surface area contributed by atoms with Crippen molar-refractivity contribution in [2.45, 2.75) is 27.2 Å². The highest BCUT2D eigenvalue weighted by molar-refractivity contribution is 5.99. The van der Waals surface area contributed by atoms with E-state index in [1.54, 1.807) is 17.9 Å². The second-order valence-electron chi connectivity index (χ2n) is 8.01.